The first kappa shape index (κ1) is 13.8. The van der Waals surface area contributed by atoms with Crippen molar-refractivity contribution in [2.45, 2.75) is 32.7 Å². The van der Waals surface area contributed by atoms with E-state index in [1.54, 1.807) is 30.1 Å². The van der Waals surface area contributed by atoms with Crippen molar-refractivity contribution >= 4 is 23.2 Å². The Hall–Kier alpha value is -1.22. The SMILES string of the molecule is CCC(C)(C)N(C)C(=O)c1ccc(Cl)cc1N. The van der Waals surface area contributed by atoms with Gasteiger partial charge in [0.05, 0.1) is 5.56 Å². The van der Waals surface area contributed by atoms with E-state index in [2.05, 4.69) is 6.92 Å². The number of nitrogens with two attached hydrogens (primary N) is 1. The first-order chi connectivity index (χ1) is 7.79. The molecule has 0 heterocycles. The zero-order valence-corrected chi connectivity index (χ0v) is 11.5. The van der Waals surface area contributed by atoms with Crippen LogP contribution in [-0.2, 0) is 0 Å². The lowest BCUT2D eigenvalue weighted by molar-refractivity contribution is 0.0621. The van der Waals surface area contributed by atoms with Gasteiger partial charge in [0.15, 0.2) is 0 Å². The minimum atomic E-state index is -0.191. The van der Waals surface area contributed by atoms with Crippen molar-refractivity contribution in [1.29, 1.82) is 0 Å². The van der Waals surface area contributed by atoms with Gasteiger partial charge < -0.3 is 10.6 Å². The van der Waals surface area contributed by atoms with Gasteiger partial charge in [-0.1, -0.05) is 18.5 Å². The average Bonchev–Trinajstić information content (AvgIpc) is 2.27. The summed E-state index contributed by atoms with van der Waals surface area (Å²) < 4.78 is 0. The molecule has 0 fully saturated rings. The molecule has 0 unspecified atom stereocenters. The van der Waals surface area contributed by atoms with Gasteiger partial charge in [-0.2, -0.15) is 0 Å². The largest absolute Gasteiger partial charge is 0.398 e. The summed E-state index contributed by atoms with van der Waals surface area (Å²) in [5.74, 6) is -0.0778. The number of anilines is 1. The van der Waals surface area contributed by atoms with Crippen LogP contribution in [0, 0.1) is 0 Å². The Kier molecular flexibility index (Phi) is 4.04. The summed E-state index contributed by atoms with van der Waals surface area (Å²) in [6, 6.07) is 4.95. The molecule has 17 heavy (non-hydrogen) atoms. The first-order valence-corrected chi connectivity index (χ1v) is 6.00. The van der Waals surface area contributed by atoms with Crippen molar-refractivity contribution in [3.8, 4) is 0 Å². The number of carbonyl (C=O) groups excluding carboxylic acids is 1. The molecule has 0 bridgehead atoms. The van der Waals surface area contributed by atoms with E-state index in [0.29, 0.717) is 16.3 Å². The summed E-state index contributed by atoms with van der Waals surface area (Å²) in [6.45, 7) is 6.10. The Morgan fingerprint density at radius 3 is 2.53 bits per heavy atom. The van der Waals surface area contributed by atoms with E-state index in [1.807, 2.05) is 13.8 Å². The molecule has 1 aromatic carbocycles. The van der Waals surface area contributed by atoms with Gasteiger partial charge in [0.1, 0.15) is 0 Å². The molecule has 0 saturated heterocycles. The maximum absolute atomic E-state index is 12.3. The molecule has 0 atom stereocenters. The van der Waals surface area contributed by atoms with Crippen molar-refractivity contribution in [2.24, 2.45) is 0 Å². The van der Waals surface area contributed by atoms with E-state index in [-0.39, 0.29) is 11.4 Å². The van der Waals surface area contributed by atoms with Gasteiger partial charge in [-0.15, -0.1) is 0 Å². The number of hydrogen-bond acceptors (Lipinski definition) is 2. The van der Waals surface area contributed by atoms with Crippen LogP contribution in [0.25, 0.3) is 0 Å². The predicted octanol–water partition coefficient (Wildman–Crippen LogP) is 3.18. The van der Waals surface area contributed by atoms with Gasteiger partial charge in [0.2, 0.25) is 0 Å². The molecule has 0 aromatic heterocycles. The van der Waals surface area contributed by atoms with E-state index in [9.17, 15) is 4.79 Å². The molecule has 0 spiro atoms. The summed E-state index contributed by atoms with van der Waals surface area (Å²) in [4.78, 5) is 14.0. The van der Waals surface area contributed by atoms with Gasteiger partial charge in [0.25, 0.3) is 5.91 Å². The van der Waals surface area contributed by atoms with Crippen LogP contribution in [0.3, 0.4) is 0 Å². The molecule has 0 aliphatic rings. The Balaban J connectivity index is 3.05. The van der Waals surface area contributed by atoms with Crippen LogP contribution in [0.1, 0.15) is 37.6 Å². The monoisotopic (exact) mass is 254 g/mol. The van der Waals surface area contributed by atoms with E-state index in [4.69, 9.17) is 17.3 Å². The Bertz CT molecular complexity index is 429. The van der Waals surface area contributed by atoms with Crippen LogP contribution >= 0.6 is 11.6 Å². The van der Waals surface area contributed by atoms with Crippen molar-refractivity contribution in [2.75, 3.05) is 12.8 Å². The molecule has 1 rings (SSSR count). The van der Waals surface area contributed by atoms with E-state index in [0.717, 1.165) is 6.42 Å². The van der Waals surface area contributed by atoms with Crippen molar-refractivity contribution in [1.82, 2.24) is 4.90 Å². The fourth-order valence-electron chi connectivity index (χ4n) is 1.42. The highest BCUT2D eigenvalue weighted by Gasteiger charge is 2.27. The minimum Gasteiger partial charge on any atom is -0.398 e. The van der Waals surface area contributed by atoms with Gasteiger partial charge in [0, 0.05) is 23.3 Å². The van der Waals surface area contributed by atoms with Crippen LogP contribution in [0.4, 0.5) is 5.69 Å². The number of benzene rings is 1. The maximum Gasteiger partial charge on any atom is 0.256 e. The van der Waals surface area contributed by atoms with Crippen LogP contribution in [-0.4, -0.2) is 23.4 Å². The van der Waals surface area contributed by atoms with Crippen molar-refractivity contribution in [3.63, 3.8) is 0 Å². The molecule has 0 radical (unpaired) electrons. The molecule has 2 N–H and O–H groups in total. The van der Waals surface area contributed by atoms with E-state index >= 15 is 0 Å². The lowest BCUT2D eigenvalue weighted by Gasteiger charge is -2.35. The van der Waals surface area contributed by atoms with Gasteiger partial charge in [-0.3, -0.25) is 4.79 Å². The van der Waals surface area contributed by atoms with Crippen LogP contribution < -0.4 is 5.73 Å². The first-order valence-electron chi connectivity index (χ1n) is 5.62. The highest BCUT2D eigenvalue weighted by atomic mass is 35.5. The Morgan fingerprint density at radius 2 is 2.06 bits per heavy atom. The molecule has 0 aliphatic carbocycles. The number of carbonyl (C=O) groups is 1. The number of nitrogen functional groups attached to an aromatic ring is 1. The average molecular weight is 255 g/mol. The maximum atomic E-state index is 12.3. The third-order valence-corrected chi connectivity index (χ3v) is 3.56. The smallest absolute Gasteiger partial charge is 0.256 e. The topological polar surface area (TPSA) is 46.3 Å². The highest BCUT2D eigenvalue weighted by molar-refractivity contribution is 6.31. The van der Waals surface area contributed by atoms with E-state index in [1.165, 1.54) is 0 Å². The second-order valence-electron chi connectivity index (χ2n) is 4.76. The van der Waals surface area contributed by atoms with Crippen LogP contribution in [0.5, 0.6) is 0 Å². The lowest BCUT2D eigenvalue weighted by Crippen LogP contribution is -2.44. The summed E-state index contributed by atoms with van der Waals surface area (Å²) in [5, 5.41) is 0.538. The molecule has 3 nitrogen and oxygen atoms in total. The summed E-state index contributed by atoms with van der Waals surface area (Å²) in [5.41, 5.74) is 6.54. The number of hydrogen-bond donors (Lipinski definition) is 1. The fourth-order valence-corrected chi connectivity index (χ4v) is 1.60. The normalized spacial score (nSPS) is 11.4. The molecular formula is C13H19ClN2O. The number of rotatable bonds is 3. The third-order valence-electron chi connectivity index (χ3n) is 3.32. The standard InChI is InChI=1S/C13H19ClN2O/c1-5-13(2,3)16(4)12(17)10-7-6-9(14)8-11(10)15/h6-8H,5,15H2,1-4H3. The van der Waals surface area contributed by atoms with Gasteiger partial charge >= 0.3 is 0 Å². The highest BCUT2D eigenvalue weighted by Crippen LogP contribution is 2.23. The molecule has 4 heteroatoms. The number of amides is 1. The quantitative estimate of drug-likeness (QED) is 0.842. The molecule has 0 saturated carbocycles. The molecule has 1 amide bonds. The summed E-state index contributed by atoms with van der Waals surface area (Å²) in [6.07, 6.45) is 0.878. The second kappa shape index (κ2) is 4.96. The second-order valence-corrected chi connectivity index (χ2v) is 5.20. The lowest BCUT2D eigenvalue weighted by atomic mass is 9.98. The summed E-state index contributed by atoms with van der Waals surface area (Å²) >= 11 is 5.81. The molecular weight excluding hydrogens is 236 g/mol. The zero-order chi connectivity index (χ0) is 13.2. The Morgan fingerprint density at radius 1 is 1.47 bits per heavy atom. The van der Waals surface area contributed by atoms with Crippen LogP contribution in [0.2, 0.25) is 5.02 Å². The number of halogens is 1. The fraction of sp³-hybridized carbons (Fsp3) is 0.462. The third kappa shape index (κ3) is 2.91. The van der Waals surface area contributed by atoms with Crippen molar-refractivity contribution in [3.05, 3.63) is 28.8 Å². The van der Waals surface area contributed by atoms with E-state index < -0.39 is 0 Å². The van der Waals surface area contributed by atoms with Gasteiger partial charge in [-0.25, -0.2) is 0 Å². The van der Waals surface area contributed by atoms with Crippen LogP contribution in [0.15, 0.2) is 18.2 Å². The number of nitrogens with zero attached hydrogens (tertiary/aromatic N) is 1. The zero-order valence-electron chi connectivity index (χ0n) is 10.7. The van der Waals surface area contributed by atoms with Crippen molar-refractivity contribution < 1.29 is 4.79 Å². The minimum absolute atomic E-state index is 0.0778. The predicted molar refractivity (Wildman–Crippen MR) is 72.3 cm³/mol. The van der Waals surface area contributed by atoms with Gasteiger partial charge in [-0.05, 0) is 38.5 Å². The Labute approximate surface area is 108 Å². The molecule has 1 aromatic rings. The molecule has 0 aliphatic heterocycles. The molecule has 94 valence electrons. The summed E-state index contributed by atoms with van der Waals surface area (Å²) in [7, 11) is 1.79.